The lowest BCUT2D eigenvalue weighted by atomic mass is 9.95. The number of thiophene rings is 1. The normalized spacial score (nSPS) is 23.3. The Morgan fingerprint density at radius 2 is 1.85 bits per heavy atom. The van der Waals surface area contributed by atoms with Crippen molar-refractivity contribution in [3.8, 4) is 0 Å². The van der Waals surface area contributed by atoms with Crippen LogP contribution in [0.25, 0.3) is 0 Å². The van der Waals surface area contributed by atoms with Crippen LogP contribution in [0.4, 0.5) is 0 Å². The van der Waals surface area contributed by atoms with Crippen LogP contribution >= 0.6 is 11.3 Å². The van der Waals surface area contributed by atoms with E-state index in [0.29, 0.717) is 19.3 Å². The lowest BCUT2D eigenvalue weighted by molar-refractivity contribution is -0.113. The maximum absolute atomic E-state index is 10.1. The minimum Gasteiger partial charge on any atom is -0.396 e. The molecule has 0 aliphatic carbocycles. The number of aryl methyl sites for hydroxylation is 1. The SMILES string of the molecule is CCc1ccc(Cc2cc([C@H]3CC(O)C[C@@H](CO)O3)c(CCO)s2)cc1. The van der Waals surface area contributed by atoms with E-state index < -0.39 is 6.10 Å². The molecule has 1 aromatic carbocycles. The van der Waals surface area contributed by atoms with Gasteiger partial charge in [-0.2, -0.15) is 0 Å². The highest BCUT2D eigenvalue weighted by molar-refractivity contribution is 7.12. The summed E-state index contributed by atoms with van der Waals surface area (Å²) in [5, 5.41) is 29.0. The number of aliphatic hydroxyl groups is 3. The predicted molar refractivity (Wildman–Crippen MR) is 104 cm³/mol. The summed E-state index contributed by atoms with van der Waals surface area (Å²) in [5.41, 5.74) is 3.66. The zero-order valence-corrected chi connectivity index (χ0v) is 16.0. The average Bonchev–Trinajstić information content (AvgIpc) is 3.04. The number of hydrogen-bond acceptors (Lipinski definition) is 5. The molecule has 4 nitrogen and oxygen atoms in total. The van der Waals surface area contributed by atoms with Crippen LogP contribution in [-0.2, 0) is 24.0 Å². The highest BCUT2D eigenvalue weighted by Gasteiger charge is 2.31. The maximum atomic E-state index is 10.1. The van der Waals surface area contributed by atoms with E-state index in [9.17, 15) is 15.3 Å². The van der Waals surface area contributed by atoms with E-state index in [0.717, 1.165) is 23.3 Å². The summed E-state index contributed by atoms with van der Waals surface area (Å²) in [6, 6.07) is 10.8. The molecule has 26 heavy (non-hydrogen) atoms. The molecule has 1 unspecified atom stereocenters. The van der Waals surface area contributed by atoms with E-state index >= 15 is 0 Å². The van der Waals surface area contributed by atoms with E-state index in [1.807, 2.05) is 0 Å². The van der Waals surface area contributed by atoms with Crippen molar-refractivity contribution < 1.29 is 20.1 Å². The minimum absolute atomic E-state index is 0.0797. The van der Waals surface area contributed by atoms with Gasteiger partial charge in [-0.15, -0.1) is 11.3 Å². The third kappa shape index (κ3) is 4.72. The molecule has 3 N–H and O–H groups in total. The highest BCUT2D eigenvalue weighted by Crippen LogP contribution is 2.37. The summed E-state index contributed by atoms with van der Waals surface area (Å²) in [7, 11) is 0. The standard InChI is InChI=1S/C21H28O4S/c1-2-14-3-5-15(6-4-14)9-18-12-19(21(26-18)7-8-22)20-11-16(24)10-17(13-23)25-20/h3-6,12,16-17,20,22-24H,2,7-11,13H2,1H3/t16?,17-,20+/m0/s1. The van der Waals surface area contributed by atoms with Crippen molar-refractivity contribution in [2.45, 2.75) is 57.3 Å². The van der Waals surface area contributed by atoms with Gasteiger partial charge in [0.25, 0.3) is 0 Å². The summed E-state index contributed by atoms with van der Waals surface area (Å²) < 4.78 is 5.99. The van der Waals surface area contributed by atoms with Gasteiger partial charge < -0.3 is 20.1 Å². The van der Waals surface area contributed by atoms with Gasteiger partial charge in [0.15, 0.2) is 0 Å². The summed E-state index contributed by atoms with van der Waals surface area (Å²) >= 11 is 1.71. The van der Waals surface area contributed by atoms with Crippen molar-refractivity contribution >= 4 is 11.3 Å². The average molecular weight is 377 g/mol. The van der Waals surface area contributed by atoms with E-state index in [4.69, 9.17) is 4.74 Å². The Bertz CT molecular complexity index is 695. The molecule has 1 aliphatic rings. The van der Waals surface area contributed by atoms with Crippen LogP contribution in [0.3, 0.4) is 0 Å². The van der Waals surface area contributed by atoms with Crippen LogP contribution in [-0.4, -0.2) is 40.7 Å². The van der Waals surface area contributed by atoms with Crippen LogP contribution in [0.1, 0.15) is 52.3 Å². The summed E-state index contributed by atoms with van der Waals surface area (Å²) in [6.45, 7) is 2.17. The first kappa shape index (κ1) is 19.5. The van der Waals surface area contributed by atoms with Crippen molar-refractivity contribution in [1.82, 2.24) is 0 Å². The molecule has 1 aliphatic heterocycles. The number of hydrogen-bond donors (Lipinski definition) is 3. The topological polar surface area (TPSA) is 69.9 Å². The lowest BCUT2D eigenvalue weighted by Gasteiger charge is -2.32. The van der Waals surface area contributed by atoms with Gasteiger partial charge in [0, 0.05) is 42.0 Å². The second-order valence-corrected chi connectivity index (χ2v) is 8.19. The first-order valence-corrected chi connectivity index (χ1v) is 10.2. The van der Waals surface area contributed by atoms with E-state index in [1.54, 1.807) is 11.3 Å². The van der Waals surface area contributed by atoms with Gasteiger partial charge in [0.2, 0.25) is 0 Å². The lowest BCUT2D eigenvalue weighted by Crippen LogP contribution is -2.33. The van der Waals surface area contributed by atoms with Crippen molar-refractivity contribution in [3.63, 3.8) is 0 Å². The quantitative estimate of drug-likeness (QED) is 0.695. The molecule has 0 bridgehead atoms. The molecule has 2 heterocycles. The molecule has 1 saturated heterocycles. The van der Waals surface area contributed by atoms with E-state index in [1.165, 1.54) is 16.0 Å². The van der Waals surface area contributed by atoms with Gasteiger partial charge >= 0.3 is 0 Å². The van der Waals surface area contributed by atoms with Gasteiger partial charge in [-0.25, -0.2) is 0 Å². The highest BCUT2D eigenvalue weighted by atomic mass is 32.1. The second-order valence-electron chi connectivity index (χ2n) is 6.97. The van der Waals surface area contributed by atoms with Gasteiger partial charge in [-0.05, 0) is 29.2 Å². The Labute approximate surface area is 159 Å². The van der Waals surface area contributed by atoms with Crippen molar-refractivity contribution in [2.24, 2.45) is 0 Å². The Kier molecular flexibility index (Phi) is 6.84. The Morgan fingerprint density at radius 3 is 2.50 bits per heavy atom. The second kappa shape index (κ2) is 9.11. The largest absolute Gasteiger partial charge is 0.396 e. The maximum Gasteiger partial charge on any atom is 0.0865 e. The van der Waals surface area contributed by atoms with E-state index in [-0.39, 0.29) is 25.4 Å². The summed E-state index contributed by atoms with van der Waals surface area (Å²) in [4.78, 5) is 2.35. The molecule has 2 aromatic rings. The first-order valence-electron chi connectivity index (χ1n) is 9.37. The fourth-order valence-electron chi connectivity index (χ4n) is 3.56. The molecular formula is C21H28O4S. The molecule has 0 saturated carbocycles. The number of aliphatic hydroxyl groups excluding tert-OH is 3. The molecule has 0 amide bonds. The minimum atomic E-state index is -0.460. The Morgan fingerprint density at radius 1 is 1.12 bits per heavy atom. The van der Waals surface area contributed by atoms with Crippen molar-refractivity contribution in [2.75, 3.05) is 13.2 Å². The third-order valence-corrected chi connectivity index (χ3v) is 6.18. The van der Waals surface area contributed by atoms with Crippen molar-refractivity contribution in [3.05, 3.63) is 56.8 Å². The monoisotopic (exact) mass is 376 g/mol. The van der Waals surface area contributed by atoms with Crippen LogP contribution in [0.15, 0.2) is 30.3 Å². The molecule has 0 radical (unpaired) electrons. The Balaban J connectivity index is 1.80. The zero-order valence-electron chi connectivity index (χ0n) is 15.2. The first-order chi connectivity index (χ1) is 12.6. The van der Waals surface area contributed by atoms with Gasteiger partial charge in [0.1, 0.15) is 0 Å². The fourth-order valence-corrected chi connectivity index (χ4v) is 4.80. The molecule has 5 heteroatoms. The molecule has 3 rings (SSSR count). The smallest absolute Gasteiger partial charge is 0.0865 e. The molecule has 1 fully saturated rings. The molecule has 3 atom stereocenters. The number of ether oxygens (including phenoxy) is 1. The van der Waals surface area contributed by atoms with Gasteiger partial charge in [-0.1, -0.05) is 31.2 Å². The molecule has 142 valence electrons. The predicted octanol–water partition coefficient (Wildman–Crippen LogP) is 3.01. The van der Waals surface area contributed by atoms with E-state index in [2.05, 4.69) is 37.3 Å². The molecule has 1 aromatic heterocycles. The van der Waals surface area contributed by atoms with Gasteiger partial charge in [0.05, 0.1) is 24.9 Å². The van der Waals surface area contributed by atoms with Gasteiger partial charge in [-0.3, -0.25) is 0 Å². The molecule has 0 spiro atoms. The van der Waals surface area contributed by atoms with Crippen LogP contribution < -0.4 is 0 Å². The number of rotatable bonds is 7. The summed E-state index contributed by atoms with van der Waals surface area (Å²) in [5.74, 6) is 0. The summed E-state index contributed by atoms with van der Waals surface area (Å²) in [6.07, 6.45) is 2.50. The van der Waals surface area contributed by atoms with Crippen LogP contribution in [0, 0.1) is 0 Å². The fraction of sp³-hybridized carbons (Fsp3) is 0.524. The van der Waals surface area contributed by atoms with Crippen molar-refractivity contribution in [1.29, 1.82) is 0 Å². The van der Waals surface area contributed by atoms with Crippen LogP contribution in [0.2, 0.25) is 0 Å². The zero-order chi connectivity index (χ0) is 18.5. The molecular weight excluding hydrogens is 348 g/mol. The van der Waals surface area contributed by atoms with Crippen LogP contribution in [0.5, 0.6) is 0 Å². The Hall–Kier alpha value is -1.24. The number of benzene rings is 1. The third-order valence-electron chi connectivity index (χ3n) is 4.97.